The number of benzene rings is 4. The molecule has 142 valence electrons. The van der Waals surface area contributed by atoms with Crippen molar-refractivity contribution in [2.75, 3.05) is 5.06 Å². The van der Waals surface area contributed by atoms with Crippen molar-refractivity contribution < 1.29 is 4.84 Å². The van der Waals surface area contributed by atoms with Gasteiger partial charge in [-0.25, -0.2) is 5.06 Å². The molecule has 2 heteroatoms. The van der Waals surface area contributed by atoms with Crippen LogP contribution in [-0.4, -0.2) is 0 Å². The molecule has 0 heterocycles. The Morgan fingerprint density at radius 2 is 1.17 bits per heavy atom. The number of anilines is 1. The standard InChI is InChI=1S/C27H23NO/c1-4-12-23(13-5-1)20-21-24-14-10-11-15-25(24)22-28(26-16-6-2-7-17-26)29-27-18-8-3-9-19-27/h1-21H,22H2/b21-20+. The second-order valence-electron chi connectivity index (χ2n) is 6.72. The van der Waals surface area contributed by atoms with Gasteiger partial charge in [0.05, 0.1) is 12.2 Å². The van der Waals surface area contributed by atoms with Crippen molar-refractivity contribution in [3.63, 3.8) is 0 Å². The molecule has 0 radical (unpaired) electrons. The van der Waals surface area contributed by atoms with Crippen molar-refractivity contribution in [2.45, 2.75) is 6.54 Å². The zero-order chi connectivity index (χ0) is 19.7. The van der Waals surface area contributed by atoms with Crippen LogP contribution in [0.3, 0.4) is 0 Å². The first kappa shape index (κ1) is 18.6. The Hall–Kier alpha value is -3.78. The minimum atomic E-state index is 0.633. The van der Waals surface area contributed by atoms with Crippen molar-refractivity contribution in [3.8, 4) is 5.75 Å². The van der Waals surface area contributed by atoms with Gasteiger partial charge in [0.15, 0.2) is 5.75 Å². The Kier molecular flexibility index (Phi) is 6.04. The SMILES string of the molecule is C(=C\c1ccccc1CN(Oc1ccccc1)c1ccccc1)/c1ccccc1. The molecule has 0 spiro atoms. The first-order chi connectivity index (χ1) is 14.4. The summed E-state index contributed by atoms with van der Waals surface area (Å²) in [7, 11) is 0. The summed E-state index contributed by atoms with van der Waals surface area (Å²) in [4.78, 5) is 6.23. The van der Waals surface area contributed by atoms with Crippen molar-refractivity contribution in [2.24, 2.45) is 0 Å². The molecule has 0 atom stereocenters. The van der Waals surface area contributed by atoms with E-state index in [2.05, 4.69) is 72.8 Å². The lowest BCUT2D eigenvalue weighted by molar-refractivity contribution is 0.274. The van der Waals surface area contributed by atoms with Gasteiger partial charge in [0, 0.05) is 0 Å². The smallest absolute Gasteiger partial charge is 0.155 e. The van der Waals surface area contributed by atoms with Gasteiger partial charge < -0.3 is 4.84 Å². The number of rotatable bonds is 7. The van der Waals surface area contributed by atoms with E-state index < -0.39 is 0 Å². The lowest BCUT2D eigenvalue weighted by Gasteiger charge is -2.25. The van der Waals surface area contributed by atoms with E-state index in [1.54, 1.807) is 0 Å². The van der Waals surface area contributed by atoms with Crippen molar-refractivity contribution in [1.29, 1.82) is 0 Å². The Morgan fingerprint density at radius 3 is 1.90 bits per heavy atom. The van der Waals surface area contributed by atoms with Crippen LogP contribution in [0.5, 0.6) is 5.75 Å². The van der Waals surface area contributed by atoms with Gasteiger partial charge in [-0.05, 0) is 41.0 Å². The quantitative estimate of drug-likeness (QED) is 0.258. The maximum absolute atomic E-state index is 6.23. The fourth-order valence-electron chi connectivity index (χ4n) is 3.12. The van der Waals surface area contributed by atoms with Gasteiger partial charge >= 0.3 is 0 Å². The molecule has 0 aliphatic rings. The molecule has 4 rings (SSSR count). The molecule has 0 amide bonds. The molecule has 0 saturated carbocycles. The summed E-state index contributed by atoms with van der Waals surface area (Å²) in [5.74, 6) is 0.814. The summed E-state index contributed by atoms with van der Waals surface area (Å²) in [6.07, 6.45) is 4.31. The number of nitrogens with zero attached hydrogens (tertiary/aromatic N) is 1. The second kappa shape index (κ2) is 9.43. The average molecular weight is 377 g/mol. The van der Waals surface area contributed by atoms with Crippen LogP contribution in [-0.2, 0) is 6.54 Å². The molecule has 0 aromatic heterocycles. The minimum absolute atomic E-state index is 0.633. The van der Waals surface area contributed by atoms with Crippen molar-refractivity contribution in [3.05, 3.63) is 132 Å². The largest absolute Gasteiger partial charge is 0.379 e. The van der Waals surface area contributed by atoms with Gasteiger partial charge in [0.25, 0.3) is 0 Å². The van der Waals surface area contributed by atoms with Crippen LogP contribution in [0, 0.1) is 0 Å². The first-order valence-electron chi connectivity index (χ1n) is 9.75. The van der Waals surface area contributed by atoms with Crippen LogP contribution >= 0.6 is 0 Å². The third kappa shape index (κ3) is 5.14. The second-order valence-corrected chi connectivity index (χ2v) is 6.72. The molecule has 0 N–H and O–H groups in total. The molecule has 0 unspecified atom stereocenters. The van der Waals surface area contributed by atoms with Crippen LogP contribution in [0.4, 0.5) is 5.69 Å². The van der Waals surface area contributed by atoms with E-state index in [1.165, 1.54) is 16.7 Å². The Balaban J connectivity index is 1.61. The molecule has 0 aliphatic carbocycles. The number of para-hydroxylation sites is 2. The number of hydroxylamine groups is 1. The summed E-state index contributed by atoms with van der Waals surface area (Å²) in [6, 6.07) is 38.9. The fourth-order valence-corrected chi connectivity index (χ4v) is 3.12. The van der Waals surface area contributed by atoms with E-state index in [0.717, 1.165) is 11.4 Å². The lowest BCUT2D eigenvalue weighted by atomic mass is 10.1. The van der Waals surface area contributed by atoms with E-state index in [0.29, 0.717) is 6.54 Å². The Morgan fingerprint density at radius 1 is 0.586 bits per heavy atom. The highest BCUT2D eigenvalue weighted by atomic mass is 16.7. The highest BCUT2D eigenvalue weighted by Crippen LogP contribution is 2.23. The van der Waals surface area contributed by atoms with Gasteiger partial charge in [-0.1, -0.05) is 103 Å². The van der Waals surface area contributed by atoms with E-state index >= 15 is 0 Å². The molecule has 4 aromatic rings. The first-order valence-corrected chi connectivity index (χ1v) is 9.75. The lowest BCUT2D eigenvalue weighted by Crippen LogP contribution is -2.27. The Labute approximate surface area is 172 Å². The normalized spacial score (nSPS) is 10.8. The predicted molar refractivity (Wildman–Crippen MR) is 122 cm³/mol. The average Bonchev–Trinajstić information content (AvgIpc) is 2.80. The molecular formula is C27H23NO. The third-order valence-corrected chi connectivity index (χ3v) is 4.63. The zero-order valence-corrected chi connectivity index (χ0v) is 16.2. The maximum atomic E-state index is 6.23. The van der Waals surface area contributed by atoms with E-state index in [4.69, 9.17) is 4.84 Å². The van der Waals surface area contributed by atoms with Crippen LogP contribution in [0.25, 0.3) is 12.2 Å². The van der Waals surface area contributed by atoms with Gasteiger partial charge in [-0.2, -0.15) is 0 Å². The zero-order valence-electron chi connectivity index (χ0n) is 16.2. The van der Waals surface area contributed by atoms with Crippen molar-refractivity contribution in [1.82, 2.24) is 0 Å². The van der Waals surface area contributed by atoms with E-state index in [1.807, 2.05) is 59.7 Å². The highest BCUT2D eigenvalue weighted by Gasteiger charge is 2.11. The predicted octanol–water partition coefficient (Wildman–Crippen LogP) is 6.86. The van der Waals surface area contributed by atoms with Crippen molar-refractivity contribution >= 4 is 17.8 Å². The van der Waals surface area contributed by atoms with Crippen LogP contribution < -0.4 is 9.90 Å². The molecular weight excluding hydrogens is 354 g/mol. The third-order valence-electron chi connectivity index (χ3n) is 4.63. The monoisotopic (exact) mass is 377 g/mol. The topological polar surface area (TPSA) is 12.5 Å². The van der Waals surface area contributed by atoms with Gasteiger partial charge in [0.2, 0.25) is 0 Å². The summed E-state index contributed by atoms with van der Waals surface area (Å²) in [5, 5.41) is 1.94. The van der Waals surface area contributed by atoms with Gasteiger partial charge in [-0.15, -0.1) is 0 Å². The molecule has 2 nitrogen and oxygen atoms in total. The van der Waals surface area contributed by atoms with Crippen LogP contribution in [0.2, 0.25) is 0 Å². The van der Waals surface area contributed by atoms with Crippen LogP contribution in [0.15, 0.2) is 115 Å². The summed E-state index contributed by atoms with van der Waals surface area (Å²) < 4.78 is 0. The minimum Gasteiger partial charge on any atom is -0.379 e. The number of hydrogen-bond acceptors (Lipinski definition) is 2. The maximum Gasteiger partial charge on any atom is 0.155 e. The van der Waals surface area contributed by atoms with Gasteiger partial charge in [-0.3, -0.25) is 0 Å². The van der Waals surface area contributed by atoms with E-state index in [-0.39, 0.29) is 0 Å². The van der Waals surface area contributed by atoms with E-state index in [9.17, 15) is 0 Å². The van der Waals surface area contributed by atoms with Gasteiger partial charge in [0.1, 0.15) is 0 Å². The molecule has 4 aromatic carbocycles. The summed E-state index contributed by atoms with van der Waals surface area (Å²) in [5.41, 5.74) is 4.56. The fraction of sp³-hybridized carbons (Fsp3) is 0.0370. The Bertz CT molecular complexity index is 1040. The molecule has 0 fully saturated rings. The number of hydrogen-bond donors (Lipinski definition) is 0. The molecule has 29 heavy (non-hydrogen) atoms. The summed E-state index contributed by atoms with van der Waals surface area (Å²) in [6.45, 7) is 0.633. The summed E-state index contributed by atoms with van der Waals surface area (Å²) >= 11 is 0. The molecule has 0 saturated heterocycles. The highest BCUT2D eigenvalue weighted by molar-refractivity contribution is 5.71. The molecule has 0 bridgehead atoms. The van der Waals surface area contributed by atoms with Crippen LogP contribution in [0.1, 0.15) is 16.7 Å². The molecule has 0 aliphatic heterocycles.